The second kappa shape index (κ2) is 7.35. The first-order valence-electron chi connectivity index (χ1n) is 7.39. The predicted molar refractivity (Wildman–Crippen MR) is 92.8 cm³/mol. The second-order valence-electron chi connectivity index (χ2n) is 5.49. The van der Waals surface area contributed by atoms with Crippen molar-refractivity contribution < 1.29 is 17.9 Å². The minimum Gasteiger partial charge on any atom is -0.497 e. The zero-order valence-electron chi connectivity index (χ0n) is 13.7. The van der Waals surface area contributed by atoms with Gasteiger partial charge in [-0.3, -0.25) is 9.52 Å². The van der Waals surface area contributed by atoms with Crippen LogP contribution in [-0.4, -0.2) is 27.5 Å². The smallest absolute Gasteiger partial charge is 0.261 e. The number of hydrogen-bond acceptors (Lipinski definition) is 4. The summed E-state index contributed by atoms with van der Waals surface area (Å²) in [7, 11) is -2.25. The van der Waals surface area contributed by atoms with Crippen LogP contribution >= 0.6 is 0 Å². The lowest BCUT2D eigenvalue weighted by molar-refractivity contribution is 0.0943. The summed E-state index contributed by atoms with van der Waals surface area (Å²) in [5, 5.41) is 2.73. The van der Waals surface area contributed by atoms with Gasteiger partial charge in [-0.25, -0.2) is 8.42 Å². The lowest BCUT2D eigenvalue weighted by atomic mass is 10.2. The maximum Gasteiger partial charge on any atom is 0.261 e. The number of anilines is 1. The Kier molecular flexibility index (Phi) is 5.46. The van der Waals surface area contributed by atoms with E-state index in [4.69, 9.17) is 4.74 Å². The Morgan fingerprint density at radius 2 is 1.75 bits per heavy atom. The molecule has 2 aromatic rings. The molecule has 7 heteroatoms. The van der Waals surface area contributed by atoms with E-state index in [1.165, 1.54) is 25.3 Å². The Hall–Kier alpha value is -2.54. The molecular formula is C17H20N2O4S. The molecule has 0 heterocycles. The SMILES string of the molecule is COc1ccc(NS(=O)(=O)c2cccc(C(=O)NC(C)C)c2)cc1. The highest BCUT2D eigenvalue weighted by molar-refractivity contribution is 7.92. The Balaban J connectivity index is 2.23. The molecule has 0 bridgehead atoms. The molecule has 0 aliphatic rings. The van der Waals surface area contributed by atoms with Crippen LogP contribution in [0.3, 0.4) is 0 Å². The minimum absolute atomic E-state index is 0.0229. The van der Waals surface area contributed by atoms with E-state index in [0.29, 0.717) is 17.0 Å². The Bertz CT molecular complexity index is 815. The van der Waals surface area contributed by atoms with Crippen molar-refractivity contribution in [3.05, 3.63) is 54.1 Å². The number of hydrogen-bond donors (Lipinski definition) is 2. The lowest BCUT2D eigenvalue weighted by Gasteiger charge is -2.11. The van der Waals surface area contributed by atoms with Gasteiger partial charge in [0.25, 0.3) is 15.9 Å². The van der Waals surface area contributed by atoms with Crippen molar-refractivity contribution >= 4 is 21.6 Å². The van der Waals surface area contributed by atoms with Crippen LogP contribution in [0.5, 0.6) is 5.75 Å². The molecule has 0 atom stereocenters. The monoisotopic (exact) mass is 348 g/mol. The molecule has 0 aromatic heterocycles. The number of rotatable bonds is 6. The maximum atomic E-state index is 12.5. The van der Waals surface area contributed by atoms with E-state index in [9.17, 15) is 13.2 Å². The highest BCUT2D eigenvalue weighted by atomic mass is 32.2. The van der Waals surface area contributed by atoms with Crippen LogP contribution in [-0.2, 0) is 10.0 Å². The van der Waals surface area contributed by atoms with E-state index in [-0.39, 0.29) is 16.8 Å². The summed E-state index contributed by atoms with van der Waals surface area (Å²) in [6.07, 6.45) is 0. The summed E-state index contributed by atoms with van der Waals surface area (Å²) >= 11 is 0. The van der Waals surface area contributed by atoms with Crippen molar-refractivity contribution in [1.82, 2.24) is 5.32 Å². The van der Waals surface area contributed by atoms with E-state index in [1.807, 2.05) is 13.8 Å². The van der Waals surface area contributed by atoms with Crippen LogP contribution in [0.2, 0.25) is 0 Å². The van der Waals surface area contributed by atoms with E-state index < -0.39 is 10.0 Å². The topological polar surface area (TPSA) is 84.5 Å². The van der Waals surface area contributed by atoms with Crippen LogP contribution in [0.25, 0.3) is 0 Å². The van der Waals surface area contributed by atoms with Gasteiger partial charge in [-0.2, -0.15) is 0 Å². The lowest BCUT2D eigenvalue weighted by Crippen LogP contribution is -2.30. The third-order valence-corrected chi connectivity index (χ3v) is 4.55. The summed E-state index contributed by atoms with van der Waals surface area (Å²) in [5.74, 6) is 0.316. The summed E-state index contributed by atoms with van der Waals surface area (Å²) in [6, 6.07) is 12.4. The van der Waals surface area contributed by atoms with Gasteiger partial charge in [0.05, 0.1) is 12.0 Å². The van der Waals surface area contributed by atoms with Crippen LogP contribution < -0.4 is 14.8 Å². The largest absolute Gasteiger partial charge is 0.497 e. The van der Waals surface area contributed by atoms with Crippen LogP contribution in [0.4, 0.5) is 5.69 Å². The van der Waals surface area contributed by atoms with Gasteiger partial charge >= 0.3 is 0 Å². The molecule has 0 aliphatic carbocycles. The Morgan fingerprint density at radius 1 is 1.08 bits per heavy atom. The number of benzene rings is 2. The van der Waals surface area contributed by atoms with Gasteiger partial charge in [0.2, 0.25) is 0 Å². The number of carbonyl (C=O) groups is 1. The standard InChI is InChI=1S/C17H20N2O4S/c1-12(2)18-17(20)13-5-4-6-16(11-13)24(21,22)19-14-7-9-15(23-3)10-8-14/h4-12,19H,1-3H3,(H,18,20). The number of nitrogens with one attached hydrogen (secondary N) is 2. The van der Waals surface area contributed by atoms with Gasteiger partial charge in [0, 0.05) is 17.3 Å². The van der Waals surface area contributed by atoms with Gasteiger partial charge < -0.3 is 10.1 Å². The van der Waals surface area contributed by atoms with Crippen molar-refractivity contribution in [2.24, 2.45) is 0 Å². The van der Waals surface area contributed by atoms with Crippen molar-refractivity contribution in [3.8, 4) is 5.75 Å². The normalized spacial score (nSPS) is 11.2. The number of sulfonamides is 1. The molecule has 1 amide bonds. The highest BCUT2D eigenvalue weighted by Crippen LogP contribution is 2.20. The van der Waals surface area contributed by atoms with Gasteiger partial charge in [0.1, 0.15) is 5.75 Å². The number of amides is 1. The van der Waals surface area contributed by atoms with Gasteiger partial charge in [-0.15, -0.1) is 0 Å². The van der Waals surface area contributed by atoms with Gasteiger partial charge in [-0.1, -0.05) is 6.07 Å². The molecular weight excluding hydrogens is 328 g/mol. The Morgan fingerprint density at radius 3 is 2.33 bits per heavy atom. The molecule has 2 rings (SSSR count). The summed E-state index contributed by atoms with van der Waals surface area (Å²) in [4.78, 5) is 12.0. The van der Waals surface area contributed by atoms with Gasteiger partial charge in [0.15, 0.2) is 0 Å². The van der Waals surface area contributed by atoms with Crippen LogP contribution in [0.15, 0.2) is 53.4 Å². The first kappa shape index (κ1) is 17.8. The van der Waals surface area contributed by atoms with E-state index >= 15 is 0 Å². The average Bonchev–Trinajstić information content (AvgIpc) is 2.55. The number of methoxy groups -OCH3 is 1. The molecule has 0 saturated carbocycles. The van der Waals surface area contributed by atoms with Crippen molar-refractivity contribution in [1.29, 1.82) is 0 Å². The molecule has 0 unspecified atom stereocenters. The third kappa shape index (κ3) is 4.48. The molecule has 128 valence electrons. The molecule has 0 radical (unpaired) electrons. The molecule has 0 saturated heterocycles. The fraction of sp³-hybridized carbons (Fsp3) is 0.235. The molecule has 24 heavy (non-hydrogen) atoms. The summed E-state index contributed by atoms with van der Waals surface area (Å²) in [5.41, 5.74) is 0.703. The number of ether oxygens (including phenoxy) is 1. The molecule has 2 aromatic carbocycles. The molecule has 6 nitrogen and oxygen atoms in total. The van der Waals surface area contributed by atoms with E-state index in [0.717, 1.165) is 0 Å². The fourth-order valence-electron chi connectivity index (χ4n) is 2.02. The maximum absolute atomic E-state index is 12.5. The first-order chi connectivity index (χ1) is 11.3. The average molecular weight is 348 g/mol. The highest BCUT2D eigenvalue weighted by Gasteiger charge is 2.17. The van der Waals surface area contributed by atoms with Crippen molar-refractivity contribution in [2.75, 3.05) is 11.8 Å². The molecule has 2 N–H and O–H groups in total. The first-order valence-corrected chi connectivity index (χ1v) is 8.88. The zero-order chi connectivity index (χ0) is 17.7. The predicted octanol–water partition coefficient (Wildman–Crippen LogP) is 2.63. The van der Waals surface area contributed by atoms with Gasteiger partial charge in [-0.05, 0) is 56.3 Å². The summed E-state index contributed by atoms with van der Waals surface area (Å²) < 4.78 is 32.5. The third-order valence-electron chi connectivity index (χ3n) is 3.17. The van der Waals surface area contributed by atoms with E-state index in [2.05, 4.69) is 10.0 Å². The minimum atomic E-state index is -3.79. The van der Waals surface area contributed by atoms with Crippen LogP contribution in [0.1, 0.15) is 24.2 Å². The summed E-state index contributed by atoms with van der Waals surface area (Å²) in [6.45, 7) is 3.67. The van der Waals surface area contributed by atoms with Crippen LogP contribution in [0, 0.1) is 0 Å². The molecule has 0 aliphatic heterocycles. The van der Waals surface area contributed by atoms with E-state index in [1.54, 1.807) is 30.3 Å². The fourth-order valence-corrected chi connectivity index (χ4v) is 3.13. The Labute approximate surface area is 141 Å². The second-order valence-corrected chi connectivity index (χ2v) is 7.17. The zero-order valence-corrected chi connectivity index (χ0v) is 14.6. The van der Waals surface area contributed by atoms with Crippen molar-refractivity contribution in [2.45, 2.75) is 24.8 Å². The van der Waals surface area contributed by atoms with Crippen molar-refractivity contribution in [3.63, 3.8) is 0 Å². The number of carbonyl (C=O) groups excluding carboxylic acids is 1. The molecule has 0 fully saturated rings. The molecule has 0 spiro atoms. The quantitative estimate of drug-likeness (QED) is 0.840.